The van der Waals surface area contributed by atoms with Crippen LogP contribution in [0.15, 0.2) is 42.6 Å². The second-order valence-corrected chi connectivity index (χ2v) is 5.74. The van der Waals surface area contributed by atoms with Crippen molar-refractivity contribution >= 4 is 22.9 Å². The number of carbonyl (C=O) groups excluding carboxylic acids is 1. The highest BCUT2D eigenvalue weighted by Gasteiger charge is 2.25. The predicted molar refractivity (Wildman–Crippen MR) is 87.4 cm³/mol. The highest BCUT2D eigenvalue weighted by molar-refractivity contribution is 5.95. The Morgan fingerprint density at radius 1 is 1.32 bits per heavy atom. The molecule has 1 saturated heterocycles. The van der Waals surface area contributed by atoms with E-state index in [0.717, 1.165) is 16.5 Å². The van der Waals surface area contributed by atoms with Crippen LogP contribution in [0.1, 0.15) is 19.4 Å². The Bertz CT molecular complexity index is 706. The maximum absolute atomic E-state index is 12.4. The van der Waals surface area contributed by atoms with Gasteiger partial charge in [0.15, 0.2) is 0 Å². The fourth-order valence-electron chi connectivity index (χ4n) is 2.73. The first-order chi connectivity index (χ1) is 10.6. The molecule has 0 N–H and O–H groups in total. The van der Waals surface area contributed by atoms with Gasteiger partial charge < -0.3 is 9.64 Å². The van der Waals surface area contributed by atoms with Crippen LogP contribution in [0.25, 0.3) is 17.0 Å². The number of morpholine rings is 1. The maximum Gasteiger partial charge on any atom is 0.246 e. The predicted octanol–water partition coefficient (Wildman–Crippen LogP) is 2.88. The number of ether oxygens (including phenoxy) is 1. The van der Waals surface area contributed by atoms with E-state index in [2.05, 4.69) is 4.98 Å². The fraction of sp³-hybridized carbons (Fsp3) is 0.333. The summed E-state index contributed by atoms with van der Waals surface area (Å²) in [6, 6.07) is 10.0. The summed E-state index contributed by atoms with van der Waals surface area (Å²) in [6.45, 7) is 5.23. The minimum Gasteiger partial charge on any atom is -0.375 e. The average molecular weight is 296 g/mol. The van der Waals surface area contributed by atoms with Crippen molar-refractivity contribution < 1.29 is 9.53 Å². The summed E-state index contributed by atoms with van der Waals surface area (Å²) in [7, 11) is 0. The molecule has 4 nitrogen and oxygen atoms in total. The van der Waals surface area contributed by atoms with Crippen LogP contribution in [0, 0.1) is 0 Å². The molecule has 2 heterocycles. The van der Waals surface area contributed by atoms with E-state index in [9.17, 15) is 4.79 Å². The maximum atomic E-state index is 12.4. The number of hydrogen-bond donors (Lipinski definition) is 0. The molecule has 22 heavy (non-hydrogen) atoms. The van der Waals surface area contributed by atoms with Gasteiger partial charge in [-0.1, -0.05) is 24.3 Å². The molecule has 2 aromatic rings. The monoisotopic (exact) mass is 296 g/mol. The second kappa shape index (κ2) is 6.28. The molecule has 4 heteroatoms. The summed E-state index contributed by atoms with van der Waals surface area (Å²) in [5, 5.41) is 1.07. The van der Waals surface area contributed by atoms with Gasteiger partial charge >= 0.3 is 0 Å². The SMILES string of the molecule is CC1CN(C(=O)/C=C/c2cccc3cccnc23)C(C)CO1. The Labute approximate surface area is 130 Å². The van der Waals surface area contributed by atoms with Crippen molar-refractivity contribution in [2.75, 3.05) is 13.2 Å². The van der Waals surface area contributed by atoms with Gasteiger partial charge in [0, 0.05) is 29.8 Å². The van der Waals surface area contributed by atoms with Crippen molar-refractivity contribution in [3.63, 3.8) is 0 Å². The molecule has 0 spiro atoms. The first-order valence-corrected chi connectivity index (χ1v) is 7.59. The molecule has 1 amide bonds. The number of aromatic nitrogens is 1. The molecule has 2 unspecified atom stereocenters. The van der Waals surface area contributed by atoms with Gasteiger partial charge in [0.2, 0.25) is 5.91 Å². The third-order valence-electron chi connectivity index (χ3n) is 3.96. The van der Waals surface area contributed by atoms with E-state index in [0.29, 0.717) is 13.2 Å². The number of amides is 1. The molecule has 114 valence electrons. The van der Waals surface area contributed by atoms with Gasteiger partial charge in [-0.25, -0.2) is 0 Å². The number of benzene rings is 1. The minimum absolute atomic E-state index is 0.0237. The summed E-state index contributed by atoms with van der Waals surface area (Å²) < 4.78 is 5.56. The van der Waals surface area contributed by atoms with Gasteiger partial charge in [-0.05, 0) is 26.0 Å². The van der Waals surface area contributed by atoms with Gasteiger partial charge in [0.25, 0.3) is 0 Å². The van der Waals surface area contributed by atoms with Crippen molar-refractivity contribution in [2.45, 2.75) is 26.0 Å². The summed E-state index contributed by atoms with van der Waals surface area (Å²) in [6.07, 6.45) is 5.35. The standard InChI is InChI=1S/C18H20N2O2/c1-13-12-22-14(2)11-20(13)17(21)9-8-16-6-3-5-15-7-4-10-19-18(15)16/h3-10,13-14H,11-12H2,1-2H3/b9-8+. The summed E-state index contributed by atoms with van der Waals surface area (Å²) >= 11 is 0. The van der Waals surface area contributed by atoms with Gasteiger partial charge in [-0.3, -0.25) is 9.78 Å². The number of nitrogens with zero attached hydrogens (tertiary/aromatic N) is 2. The smallest absolute Gasteiger partial charge is 0.246 e. The number of fused-ring (bicyclic) bond motifs is 1. The lowest BCUT2D eigenvalue weighted by atomic mass is 10.1. The number of carbonyl (C=O) groups is 1. The van der Waals surface area contributed by atoms with E-state index in [1.165, 1.54) is 0 Å². The minimum atomic E-state index is 0.0237. The van der Waals surface area contributed by atoms with Crippen LogP contribution >= 0.6 is 0 Å². The molecule has 0 bridgehead atoms. The molecule has 3 rings (SSSR count). The Morgan fingerprint density at radius 2 is 2.14 bits per heavy atom. The Balaban J connectivity index is 1.82. The summed E-state index contributed by atoms with van der Waals surface area (Å²) in [5.74, 6) is 0.0237. The molecule has 1 aromatic heterocycles. The van der Waals surface area contributed by atoms with Crippen LogP contribution in [-0.2, 0) is 9.53 Å². The van der Waals surface area contributed by atoms with Crippen LogP contribution in [0.2, 0.25) is 0 Å². The molecule has 1 fully saturated rings. The third kappa shape index (κ3) is 3.02. The van der Waals surface area contributed by atoms with E-state index in [-0.39, 0.29) is 18.1 Å². The molecule has 0 aliphatic carbocycles. The van der Waals surface area contributed by atoms with Gasteiger partial charge in [-0.15, -0.1) is 0 Å². The molecular formula is C18H20N2O2. The van der Waals surface area contributed by atoms with E-state index in [4.69, 9.17) is 4.74 Å². The van der Waals surface area contributed by atoms with Crippen molar-refractivity contribution in [2.24, 2.45) is 0 Å². The van der Waals surface area contributed by atoms with Crippen LogP contribution < -0.4 is 0 Å². The lowest BCUT2D eigenvalue weighted by Gasteiger charge is -2.36. The quantitative estimate of drug-likeness (QED) is 0.800. The second-order valence-electron chi connectivity index (χ2n) is 5.74. The Morgan fingerprint density at radius 3 is 3.00 bits per heavy atom. The van der Waals surface area contributed by atoms with Crippen LogP contribution in [0.3, 0.4) is 0 Å². The molecule has 0 radical (unpaired) electrons. The molecule has 2 atom stereocenters. The molecule has 1 aromatic carbocycles. The van der Waals surface area contributed by atoms with E-state index in [1.54, 1.807) is 12.3 Å². The van der Waals surface area contributed by atoms with Crippen LogP contribution in [-0.4, -0.2) is 41.1 Å². The highest BCUT2D eigenvalue weighted by Crippen LogP contribution is 2.18. The summed E-state index contributed by atoms with van der Waals surface area (Å²) in [5.41, 5.74) is 1.87. The average Bonchev–Trinajstić information content (AvgIpc) is 2.54. The molecule has 1 aliphatic heterocycles. The van der Waals surface area contributed by atoms with E-state index in [1.807, 2.05) is 55.2 Å². The van der Waals surface area contributed by atoms with E-state index < -0.39 is 0 Å². The zero-order valence-corrected chi connectivity index (χ0v) is 12.9. The zero-order valence-electron chi connectivity index (χ0n) is 12.9. The van der Waals surface area contributed by atoms with Crippen molar-refractivity contribution in [1.29, 1.82) is 0 Å². The number of rotatable bonds is 2. The van der Waals surface area contributed by atoms with Crippen molar-refractivity contribution in [3.8, 4) is 0 Å². The molecule has 0 saturated carbocycles. The van der Waals surface area contributed by atoms with Gasteiger partial charge in [0.1, 0.15) is 0 Å². The van der Waals surface area contributed by atoms with Crippen molar-refractivity contribution in [3.05, 3.63) is 48.2 Å². The van der Waals surface area contributed by atoms with Gasteiger partial charge in [-0.2, -0.15) is 0 Å². The lowest BCUT2D eigenvalue weighted by molar-refractivity contribution is -0.137. The zero-order chi connectivity index (χ0) is 15.5. The first-order valence-electron chi connectivity index (χ1n) is 7.59. The van der Waals surface area contributed by atoms with Crippen LogP contribution in [0.5, 0.6) is 0 Å². The number of para-hydroxylation sites is 1. The Kier molecular flexibility index (Phi) is 4.20. The molecule has 1 aliphatic rings. The number of hydrogen-bond acceptors (Lipinski definition) is 3. The number of pyridine rings is 1. The van der Waals surface area contributed by atoms with Gasteiger partial charge in [0.05, 0.1) is 24.3 Å². The lowest BCUT2D eigenvalue weighted by Crippen LogP contribution is -2.49. The Hall–Kier alpha value is -2.20. The largest absolute Gasteiger partial charge is 0.375 e. The van der Waals surface area contributed by atoms with Crippen LogP contribution in [0.4, 0.5) is 0 Å². The highest BCUT2D eigenvalue weighted by atomic mass is 16.5. The van der Waals surface area contributed by atoms with E-state index >= 15 is 0 Å². The third-order valence-corrected chi connectivity index (χ3v) is 3.96. The van der Waals surface area contributed by atoms with Crippen molar-refractivity contribution in [1.82, 2.24) is 9.88 Å². The summed E-state index contributed by atoms with van der Waals surface area (Å²) in [4.78, 5) is 18.7. The normalized spacial score (nSPS) is 22.4. The topological polar surface area (TPSA) is 42.4 Å². The first kappa shape index (κ1) is 14.7. The fourth-order valence-corrected chi connectivity index (χ4v) is 2.73. The molecular weight excluding hydrogens is 276 g/mol.